The number of hydrogen-bond acceptors (Lipinski definition) is 4. The largest absolute Gasteiger partial charge is 0.482 e. The smallest absolute Gasteiger partial charge is 0.258 e. The number of carbonyl (C=O) groups excluding carboxylic acids is 1. The predicted octanol–water partition coefficient (Wildman–Crippen LogP) is 2.91. The van der Waals surface area contributed by atoms with Crippen molar-refractivity contribution in [3.63, 3.8) is 0 Å². The van der Waals surface area contributed by atoms with Crippen LogP contribution in [-0.2, 0) is 11.2 Å². The zero-order valence-corrected chi connectivity index (χ0v) is 13.4. The molecule has 5 nitrogen and oxygen atoms in total. The van der Waals surface area contributed by atoms with E-state index in [0.29, 0.717) is 22.2 Å². The monoisotopic (exact) mass is 339 g/mol. The summed E-state index contributed by atoms with van der Waals surface area (Å²) in [6, 6.07) is 4.76. The van der Waals surface area contributed by atoms with Crippen LogP contribution in [0.3, 0.4) is 0 Å². The number of benzene rings is 1. The maximum atomic E-state index is 11.9. The standard InChI is InChI=1S/C15H15Cl2N3O2/c1-10(6-12-8-18-4-5-19-12)20-15(21)9-22-14-3-2-11(16)7-13(14)17/h2-5,7-8,10H,6,9H2,1H3,(H,20,21). The Morgan fingerprint density at radius 3 is 2.86 bits per heavy atom. The third-order valence-corrected chi connectivity index (χ3v) is 3.32. The van der Waals surface area contributed by atoms with Crippen molar-refractivity contribution in [2.24, 2.45) is 0 Å². The number of aromatic nitrogens is 2. The molecule has 0 aliphatic rings. The van der Waals surface area contributed by atoms with Gasteiger partial charge in [-0.05, 0) is 25.1 Å². The van der Waals surface area contributed by atoms with Gasteiger partial charge in [0.2, 0.25) is 0 Å². The molecule has 22 heavy (non-hydrogen) atoms. The Kier molecular flexibility index (Phi) is 5.98. The van der Waals surface area contributed by atoms with Gasteiger partial charge >= 0.3 is 0 Å². The van der Waals surface area contributed by atoms with Gasteiger partial charge in [0.25, 0.3) is 5.91 Å². The number of amides is 1. The first-order chi connectivity index (χ1) is 10.5. The van der Waals surface area contributed by atoms with E-state index < -0.39 is 0 Å². The zero-order chi connectivity index (χ0) is 15.9. The second-order valence-corrected chi connectivity index (χ2v) is 5.58. The second kappa shape index (κ2) is 7.96. The fraction of sp³-hybridized carbons (Fsp3) is 0.267. The number of ether oxygens (including phenoxy) is 1. The van der Waals surface area contributed by atoms with Gasteiger partial charge in [-0.3, -0.25) is 14.8 Å². The number of hydrogen-bond donors (Lipinski definition) is 1. The summed E-state index contributed by atoms with van der Waals surface area (Å²) in [6.07, 6.45) is 5.50. The van der Waals surface area contributed by atoms with Crippen molar-refractivity contribution < 1.29 is 9.53 Å². The highest BCUT2D eigenvalue weighted by Crippen LogP contribution is 2.27. The van der Waals surface area contributed by atoms with Crippen molar-refractivity contribution in [3.8, 4) is 5.75 Å². The quantitative estimate of drug-likeness (QED) is 0.878. The van der Waals surface area contributed by atoms with Gasteiger partial charge < -0.3 is 10.1 Å². The molecule has 0 radical (unpaired) electrons. The minimum Gasteiger partial charge on any atom is -0.482 e. The topological polar surface area (TPSA) is 64.1 Å². The van der Waals surface area contributed by atoms with E-state index in [0.717, 1.165) is 5.69 Å². The van der Waals surface area contributed by atoms with Crippen molar-refractivity contribution in [1.82, 2.24) is 15.3 Å². The highest BCUT2D eigenvalue weighted by atomic mass is 35.5. The van der Waals surface area contributed by atoms with E-state index in [-0.39, 0.29) is 18.6 Å². The van der Waals surface area contributed by atoms with Gasteiger partial charge in [0.1, 0.15) is 5.75 Å². The summed E-state index contributed by atoms with van der Waals surface area (Å²) in [5.74, 6) is 0.185. The summed E-state index contributed by atoms with van der Waals surface area (Å²) >= 11 is 11.8. The summed E-state index contributed by atoms with van der Waals surface area (Å²) < 4.78 is 5.37. The molecule has 1 amide bonds. The lowest BCUT2D eigenvalue weighted by Crippen LogP contribution is -2.37. The predicted molar refractivity (Wildman–Crippen MR) is 85.3 cm³/mol. The van der Waals surface area contributed by atoms with E-state index in [2.05, 4.69) is 15.3 Å². The summed E-state index contributed by atoms with van der Waals surface area (Å²) in [7, 11) is 0. The van der Waals surface area contributed by atoms with Gasteiger partial charge in [-0.15, -0.1) is 0 Å². The highest BCUT2D eigenvalue weighted by Gasteiger charge is 2.11. The lowest BCUT2D eigenvalue weighted by Gasteiger charge is -2.14. The first-order valence-corrected chi connectivity index (χ1v) is 7.42. The third kappa shape index (κ3) is 5.16. The van der Waals surface area contributed by atoms with Crippen LogP contribution in [0.2, 0.25) is 10.0 Å². The molecule has 0 aliphatic carbocycles. The van der Waals surface area contributed by atoms with E-state index in [1.54, 1.807) is 36.8 Å². The second-order valence-electron chi connectivity index (χ2n) is 4.73. The van der Waals surface area contributed by atoms with Crippen LogP contribution in [0.1, 0.15) is 12.6 Å². The molecule has 0 aliphatic heterocycles. The maximum Gasteiger partial charge on any atom is 0.258 e. The van der Waals surface area contributed by atoms with Crippen LogP contribution in [0.5, 0.6) is 5.75 Å². The molecule has 0 saturated heterocycles. The van der Waals surface area contributed by atoms with Crippen LogP contribution < -0.4 is 10.1 Å². The molecule has 7 heteroatoms. The van der Waals surface area contributed by atoms with Crippen LogP contribution in [0.15, 0.2) is 36.8 Å². The first kappa shape index (κ1) is 16.5. The summed E-state index contributed by atoms with van der Waals surface area (Å²) in [5, 5.41) is 3.71. The van der Waals surface area contributed by atoms with E-state index in [1.165, 1.54) is 0 Å². The van der Waals surface area contributed by atoms with Crippen molar-refractivity contribution in [3.05, 3.63) is 52.5 Å². The minimum absolute atomic E-state index is 0.0755. The van der Waals surface area contributed by atoms with Crippen molar-refractivity contribution in [2.75, 3.05) is 6.61 Å². The van der Waals surface area contributed by atoms with E-state index in [4.69, 9.17) is 27.9 Å². The Morgan fingerprint density at radius 2 is 2.18 bits per heavy atom. The Morgan fingerprint density at radius 1 is 1.36 bits per heavy atom. The SMILES string of the molecule is CC(Cc1cnccn1)NC(=O)COc1ccc(Cl)cc1Cl. The summed E-state index contributed by atoms with van der Waals surface area (Å²) in [5.41, 5.74) is 0.817. The van der Waals surface area contributed by atoms with Crippen LogP contribution in [0, 0.1) is 0 Å². The molecule has 1 aromatic heterocycles. The molecule has 2 rings (SSSR count). The zero-order valence-electron chi connectivity index (χ0n) is 11.9. The Labute approximate surface area is 138 Å². The number of nitrogens with one attached hydrogen (secondary N) is 1. The average molecular weight is 340 g/mol. The molecule has 0 saturated carbocycles. The van der Waals surface area contributed by atoms with Gasteiger partial charge in [-0.1, -0.05) is 23.2 Å². The molecule has 2 aromatic rings. The normalized spacial score (nSPS) is 11.8. The molecule has 1 heterocycles. The number of nitrogens with zero attached hydrogens (tertiary/aromatic N) is 2. The van der Waals surface area contributed by atoms with Crippen molar-refractivity contribution in [1.29, 1.82) is 0 Å². The molecule has 1 N–H and O–H groups in total. The van der Waals surface area contributed by atoms with Crippen LogP contribution in [0.4, 0.5) is 0 Å². The van der Waals surface area contributed by atoms with Crippen LogP contribution >= 0.6 is 23.2 Å². The maximum absolute atomic E-state index is 11.9. The Bertz CT molecular complexity index is 638. The summed E-state index contributed by atoms with van der Waals surface area (Å²) in [4.78, 5) is 20.0. The number of halogens is 2. The van der Waals surface area contributed by atoms with Crippen molar-refractivity contribution >= 4 is 29.1 Å². The molecule has 0 bridgehead atoms. The van der Waals surface area contributed by atoms with E-state index in [9.17, 15) is 4.79 Å². The first-order valence-electron chi connectivity index (χ1n) is 6.66. The lowest BCUT2D eigenvalue weighted by atomic mass is 10.2. The molecule has 1 aromatic carbocycles. The van der Waals surface area contributed by atoms with Gasteiger partial charge in [0.05, 0.1) is 10.7 Å². The van der Waals surface area contributed by atoms with Crippen molar-refractivity contribution in [2.45, 2.75) is 19.4 Å². The van der Waals surface area contributed by atoms with Gasteiger partial charge in [-0.25, -0.2) is 0 Å². The molecule has 0 spiro atoms. The Balaban J connectivity index is 1.80. The average Bonchev–Trinajstić information content (AvgIpc) is 2.47. The van der Waals surface area contributed by atoms with E-state index in [1.807, 2.05) is 6.92 Å². The lowest BCUT2D eigenvalue weighted by molar-refractivity contribution is -0.123. The molecular formula is C15H15Cl2N3O2. The fourth-order valence-electron chi connectivity index (χ4n) is 1.85. The van der Waals surface area contributed by atoms with Crippen LogP contribution in [0.25, 0.3) is 0 Å². The number of carbonyl (C=O) groups is 1. The minimum atomic E-state index is -0.234. The fourth-order valence-corrected chi connectivity index (χ4v) is 2.32. The molecule has 1 unspecified atom stereocenters. The van der Waals surface area contributed by atoms with Gasteiger partial charge in [0, 0.05) is 36.1 Å². The van der Waals surface area contributed by atoms with E-state index >= 15 is 0 Å². The Hall–Kier alpha value is -1.85. The molecule has 1 atom stereocenters. The van der Waals surface area contributed by atoms with Gasteiger partial charge in [0.15, 0.2) is 6.61 Å². The number of rotatable bonds is 6. The summed E-state index contributed by atoms with van der Waals surface area (Å²) in [6.45, 7) is 1.77. The highest BCUT2D eigenvalue weighted by molar-refractivity contribution is 6.35. The third-order valence-electron chi connectivity index (χ3n) is 2.79. The molecule has 116 valence electrons. The molecular weight excluding hydrogens is 325 g/mol. The van der Waals surface area contributed by atoms with Crippen LogP contribution in [-0.4, -0.2) is 28.5 Å². The van der Waals surface area contributed by atoms with Gasteiger partial charge in [-0.2, -0.15) is 0 Å². The molecule has 0 fully saturated rings.